The summed E-state index contributed by atoms with van der Waals surface area (Å²) in [7, 11) is 0. The van der Waals surface area contributed by atoms with Crippen molar-refractivity contribution in [3.8, 4) is 0 Å². The lowest BCUT2D eigenvalue weighted by molar-refractivity contribution is -0.139. The highest BCUT2D eigenvalue weighted by atomic mass is 16.4. The van der Waals surface area contributed by atoms with Crippen molar-refractivity contribution in [3.63, 3.8) is 0 Å². The summed E-state index contributed by atoms with van der Waals surface area (Å²) in [5.41, 5.74) is -0.140. The van der Waals surface area contributed by atoms with Crippen molar-refractivity contribution in [1.82, 2.24) is 5.32 Å². The van der Waals surface area contributed by atoms with Crippen molar-refractivity contribution in [2.45, 2.75) is 64.8 Å². The van der Waals surface area contributed by atoms with Crippen LogP contribution < -0.4 is 5.32 Å². The standard InChI is InChI=1S/C14H27NO2/c1-4-15-14(10-13(16)17)7-5-6-12(9-14)8-11(2)3/h11-12,15H,4-10H2,1-3H3,(H,16,17). The first kappa shape index (κ1) is 14.5. The minimum Gasteiger partial charge on any atom is -0.481 e. The van der Waals surface area contributed by atoms with Gasteiger partial charge in [-0.05, 0) is 37.6 Å². The molecule has 1 rings (SSSR count). The molecule has 0 radical (unpaired) electrons. The number of hydrogen-bond acceptors (Lipinski definition) is 2. The lowest BCUT2D eigenvalue weighted by Crippen LogP contribution is -2.50. The largest absolute Gasteiger partial charge is 0.481 e. The summed E-state index contributed by atoms with van der Waals surface area (Å²) >= 11 is 0. The van der Waals surface area contributed by atoms with Gasteiger partial charge >= 0.3 is 5.97 Å². The highest BCUT2D eigenvalue weighted by Gasteiger charge is 2.37. The van der Waals surface area contributed by atoms with Crippen LogP contribution in [0.1, 0.15) is 59.3 Å². The van der Waals surface area contributed by atoms with Crippen LogP contribution in [0, 0.1) is 11.8 Å². The average molecular weight is 241 g/mol. The molecule has 1 aliphatic rings. The summed E-state index contributed by atoms with van der Waals surface area (Å²) in [5, 5.41) is 12.5. The molecule has 2 unspecified atom stereocenters. The topological polar surface area (TPSA) is 49.3 Å². The first-order valence-corrected chi connectivity index (χ1v) is 6.94. The predicted molar refractivity (Wildman–Crippen MR) is 70.1 cm³/mol. The maximum Gasteiger partial charge on any atom is 0.305 e. The summed E-state index contributed by atoms with van der Waals surface area (Å²) in [6.07, 6.45) is 5.98. The zero-order chi connectivity index (χ0) is 12.9. The van der Waals surface area contributed by atoms with E-state index in [1.165, 1.54) is 12.8 Å². The van der Waals surface area contributed by atoms with Crippen LogP contribution in [0.15, 0.2) is 0 Å². The minimum atomic E-state index is -0.670. The molecule has 17 heavy (non-hydrogen) atoms. The van der Waals surface area contributed by atoms with Crippen LogP contribution in [-0.2, 0) is 4.79 Å². The zero-order valence-electron chi connectivity index (χ0n) is 11.5. The van der Waals surface area contributed by atoms with Crippen molar-refractivity contribution in [3.05, 3.63) is 0 Å². The molecule has 2 N–H and O–H groups in total. The van der Waals surface area contributed by atoms with Gasteiger partial charge in [0.25, 0.3) is 0 Å². The van der Waals surface area contributed by atoms with Gasteiger partial charge in [-0.15, -0.1) is 0 Å². The second-order valence-corrected chi connectivity index (χ2v) is 5.97. The summed E-state index contributed by atoms with van der Waals surface area (Å²) in [6, 6.07) is 0. The van der Waals surface area contributed by atoms with E-state index in [0.717, 1.165) is 25.8 Å². The van der Waals surface area contributed by atoms with Gasteiger partial charge in [0.15, 0.2) is 0 Å². The van der Waals surface area contributed by atoms with E-state index < -0.39 is 5.97 Å². The molecule has 2 atom stereocenters. The van der Waals surface area contributed by atoms with Gasteiger partial charge in [0, 0.05) is 5.54 Å². The fourth-order valence-electron chi connectivity index (χ4n) is 3.40. The van der Waals surface area contributed by atoms with Gasteiger partial charge in [0.1, 0.15) is 0 Å². The zero-order valence-corrected chi connectivity index (χ0v) is 11.5. The van der Waals surface area contributed by atoms with Crippen LogP contribution in [0.25, 0.3) is 0 Å². The number of carbonyl (C=O) groups is 1. The van der Waals surface area contributed by atoms with Crippen LogP contribution in [0.2, 0.25) is 0 Å². The third-order valence-corrected chi connectivity index (χ3v) is 3.79. The van der Waals surface area contributed by atoms with Crippen LogP contribution in [0.3, 0.4) is 0 Å². The van der Waals surface area contributed by atoms with Crippen LogP contribution in [0.4, 0.5) is 0 Å². The van der Waals surface area contributed by atoms with Crippen molar-refractivity contribution in [2.24, 2.45) is 11.8 Å². The number of carboxylic acids is 1. The van der Waals surface area contributed by atoms with E-state index in [2.05, 4.69) is 26.1 Å². The molecule has 100 valence electrons. The normalized spacial score (nSPS) is 29.5. The monoisotopic (exact) mass is 241 g/mol. The Balaban J connectivity index is 2.65. The molecule has 0 heterocycles. The second kappa shape index (κ2) is 6.39. The Bertz CT molecular complexity index is 249. The van der Waals surface area contributed by atoms with Gasteiger partial charge in [-0.2, -0.15) is 0 Å². The molecule has 0 spiro atoms. The van der Waals surface area contributed by atoms with Gasteiger partial charge in [0.2, 0.25) is 0 Å². The molecule has 1 aliphatic carbocycles. The molecule has 0 amide bonds. The number of aliphatic carboxylic acids is 1. The lowest BCUT2D eigenvalue weighted by atomic mass is 9.71. The highest BCUT2D eigenvalue weighted by Crippen LogP contribution is 2.37. The van der Waals surface area contributed by atoms with Gasteiger partial charge < -0.3 is 10.4 Å². The van der Waals surface area contributed by atoms with E-state index in [-0.39, 0.29) is 12.0 Å². The van der Waals surface area contributed by atoms with E-state index in [1.807, 2.05) is 0 Å². The molecule has 3 nitrogen and oxygen atoms in total. The Kier molecular flexibility index (Phi) is 5.44. The summed E-state index contributed by atoms with van der Waals surface area (Å²) < 4.78 is 0. The molecule has 1 fully saturated rings. The van der Waals surface area contributed by atoms with Gasteiger partial charge in [-0.3, -0.25) is 4.79 Å². The van der Waals surface area contributed by atoms with Crippen LogP contribution >= 0.6 is 0 Å². The molecular weight excluding hydrogens is 214 g/mol. The molecule has 0 aromatic carbocycles. The van der Waals surface area contributed by atoms with E-state index in [4.69, 9.17) is 5.11 Å². The predicted octanol–water partition coefficient (Wildman–Crippen LogP) is 3.05. The maximum absolute atomic E-state index is 11.0. The smallest absolute Gasteiger partial charge is 0.305 e. The first-order chi connectivity index (χ1) is 7.97. The Hall–Kier alpha value is -0.570. The Morgan fingerprint density at radius 1 is 1.53 bits per heavy atom. The molecule has 0 bridgehead atoms. The van der Waals surface area contributed by atoms with Crippen molar-refractivity contribution >= 4 is 5.97 Å². The van der Waals surface area contributed by atoms with E-state index in [0.29, 0.717) is 11.8 Å². The quantitative estimate of drug-likeness (QED) is 0.751. The van der Waals surface area contributed by atoms with Crippen LogP contribution in [0.5, 0.6) is 0 Å². The fraction of sp³-hybridized carbons (Fsp3) is 0.929. The Morgan fingerprint density at radius 3 is 2.76 bits per heavy atom. The molecular formula is C14H27NO2. The number of hydrogen-bond donors (Lipinski definition) is 2. The molecule has 0 aliphatic heterocycles. The molecule has 0 saturated heterocycles. The summed E-state index contributed by atoms with van der Waals surface area (Å²) in [6.45, 7) is 7.43. The molecule has 3 heteroatoms. The molecule has 1 saturated carbocycles. The fourth-order valence-corrected chi connectivity index (χ4v) is 3.40. The van der Waals surface area contributed by atoms with Crippen molar-refractivity contribution in [1.29, 1.82) is 0 Å². The third kappa shape index (κ3) is 4.66. The van der Waals surface area contributed by atoms with Gasteiger partial charge in [-0.25, -0.2) is 0 Å². The summed E-state index contributed by atoms with van der Waals surface area (Å²) in [5.74, 6) is 0.737. The molecule has 0 aromatic heterocycles. The van der Waals surface area contributed by atoms with Crippen molar-refractivity contribution < 1.29 is 9.90 Å². The lowest BCUT2D eigenvalue weighted by Gasteiger charge is -2.41. The number of nitrogens with one attached hydrogen (secondary N) is 1. The van der Waals surface area contributed by atoms with E-state index in [9.17, 15) is 4.79 Å². The van der Waals surface area contributed by atoms with Gasteiger partial charge in [-0.1, -0.05) is 33.6 Å². The van der Waals surface area contributed by atoms with Gasteiger partial charge in [0.05, 0.1) is 6.42 Å². The number of rotatable bonds is 6. The van der Waals surface area contributed by atoms with E-state index >= 15 is 0 Å². The number of carboxylic acid groups (broad SMARTS) is 1. The average Bonchev–Trinajstić information content (AvgIpc) is 2.15. The highest BCUT2D eigenvalue weighted by molar-refractivity contribution is 5.68. The SMILES string of the molecule is CCNC1(CC(=O)O)CCCC(CC(C)C)C1. The second-order valence-electron chi connectivity index (χ2n) is 5.97. The van der Waals surface area contributed by atoms with Crippen LogP contribution in [-0.4, -0.2) is 23.2 Å². The Morgan fingerprint density at radius 2 is 2.24 bits per heavy atom. The molecule has 0 aromatic rings. The Labute approximate surface area is 105 Å². The minimum absolute atomic E-state index is 0.140. The van der Waals surface area contributed by atoms with Crippen molar-refractivity contribution in [2.75, 3.05) is 6.54 Å². The van der Waals surface area contributed by atoms with E-state index in [1.54, 1.807) is 0 Å². The third-order valence-electron chi connectivity index (χ3n) is 3.79. The maximum atomic E-state index is 11.0. The first-order valence-electron chi connectivity index (χ1n) is 6.94. The summed E-state index contributed by atoms with van der Waals surface area (Å²) in [4.78, 5) is 11.0.